The van der Waals surface area contributed by atoms with Crippen molar-refractivity contribution >= 4 is 17.5 Å². The van der Waals surface area contributed by atoms with Crippen LogP contribution in [0.15, 0.2) is 36.4 Å². The quantitative estimate of drug-likeness (QED) is 0.492. The molecular weight excluding hydrogens is 407 g/mol. The second-order valence-corrected chi connectivity index (χ2v) is 7.64. The van der Waals surface area contributed by atoms with Gasteiger partial charge in [0.2, 0.25) is 11.8 Å². The SMILES string of the molecule is CCCc1ccc(C(NCC(=O)NCC(=O)Nc2ccc(F)c(F)c2F)C(C)C)cc1. The predicted octanol–water partition coefficient (Wildman–Crippen LogP) is 4.10. The molecule has 168 valence electrons. The topological polar surface area (TPSA) is 70.2 Å². The second kappa shape index (κ2) is 11.5. The maximum Gasteiger partial charge on any atom is 0.243 e. The Balaban J connectivity index is 1.85. The predicted molar refractivity (Wildman–Crippen MR) is 114 cm³/mol. The number of carbonyl (C=O) groups is 2. The average Bonchev–Trinajstić information content (AvgIpc) is 2.74. The van der Waals surface area contributed by atoms with Crippen LogP contribution in [0.3, 0.4) is 0 Å². The molecule has 3 N–H and O–H groups in total. The molecule has 2 rings (SSSR count). The number of rotatable bonds is 10. The van der Waals surface area contributed by atoms with Crippen LogP contribution >= 0.6 is 0 Å². The molecule has 0 aliphatic rings. The van der Waals surface area contributed by atoms with Crippen molar-refractivity contribution in [3.05, 3.63) is 65.0 Å². The van der Waals surface area contributed by atoms with Gasteiger partial charge in [0.25, 0.3) is 0 Å². The lowest BCUT2D eigenvalue weighted by molar-refractivity contribution is -0.123. The number of aryl methyl sites for hydroxylation is 1. The molecule has 31 heavy (non-hydrogen) atoms. The summed E-state index contributed by atoms with van der Waals surface area (Å²) in [6, 6.07) is 9.82. The largest absolute Gasteiger partial charge is 0.346 e. The van der Waals surface area contributed by atoms with Gasteiger partial charge in [0.1, 0.15) is 0 Å². The van der Waals surface area contributed by atoms with Gasteiger partial charge in [-0.05, 0) is 35.6 Å². The molecule has 0 saturated carbocycles. The van der Waals surface area contributed by atoms with Crippen molar-refractivity contribution in [1.29, 1.82) is 0 Å². The third-order valence-electron chi connectivity index (χ3n) is 4.78. The van der Waals surface area contributed by atoms with Crippen LogP contribution in [0.25, 0.3) is 0 Å². The minimum atomic E-state index is -1.67. The Morgan fingerprint density at radius 2 is 1.58 bits per heavy atom. The number of hydrogen-bond acceptors (Lipinski definition) is 3. The lowest BCUT2D eigenvalue weighted by Gasteiger charge is -2.23. The number of amides is 2. The monoisotopic (exact) mass is 435 g/mol. The van der Waals surface area contributed by atoms with Crippen molar-refractivity contribution in [3.8, 4) is 0 Å². The molecule has 2 aromatic carbocycles. The van der Waals surface area contributed by atoms with Crippen molar-refractivity contribution in [3.63, 3.8) is 0 Å². The van der Waals surface area contributed by atoms with Crippen LogP contribution in [-0.4, -0.2) is 24.9 Å². The molecule has 8 heteroatoms. The van der Waals surface area contributed by atoms with E-state index in [0.29, 0.717) is 6.07 Å². The van der Waals surface area contributed by atoms with E-state index in [1.807, 2.05) is 26.0 Å². The molecule has 1 unspecified atom stereocenters. The maximum absolute atomic E-state index is 13.6. The van der Waals surface area contributed by atoms with Crippen LogP contribution in [0.5, 0.6) is 0 Å². The third kappa shape index (κ3) is 7.10. The van der Waals surface area contributed by atoms with Gasteiger partial charge in [-0.25, -0.2) is 13.2 Å². The first kappa shape index (κ1) is 24.4. The Kier molecular flexibility index (Phi) is 9.05. The van der Waals surface area contributed by atoms with Crippen molar-refractivity contribution in [1.82, 2.24) is 10.6 Å². The highest BCUT2D eigenvalue weighted by Crippen LogP contribution is 2.22. The van der Waals surface area contributed by atoms with Crippen LogP contribution in [0.4, 0.5) is 18.9 Å². The van der Waals surface area contributed by atoms with Gasteiger partial charge < -0.3 is 16.0 Å². The normalized spacial score (nSPS) is 12.0. The molecule has 2 amide bonds. The summed E-state index contributed by atoms with van der Waals surface area (Å²) in [5.41, 5.74) is 1.83. The fraction of sp³-hybridized carbons (Fsp3) is 0.391. The van der Waals surface area contributed by atoms with E-state index in [9.17, 15) is 22.8 Å². The number of anilines is 1. The zero-order chi connectivity index (χ0) is 23.0. The Morgan fingerprint density at radius 3 is 2.19 bits per heavy atom. The van der Waals surface area contributed by atoms with E-state index in [-0.39, 0.29) is 18.5 Å². The highest BCUT2D eigenvalue weighted by atomic mass is 19.2. The van der Waals surface area contributed by atoms with E-state index in [1.165, 1.54) is 5.56 Å². The fourth-order valence-corrected chi connectivity index (χ4v) is 3.18. The van der Waals surface area contributed by atoms with E-state index < -0.39 is 41.5 Å². The molecule has 0 saturated heterocycles. The zero-order valence-corrected chi connectivity index (χ0v) is 17.9. The van der Waals surface area contributed by atoms with Crippen LogP contribution in [0.2, 0.25) is 0 Å². The minimum absolute atomic E-state index is 0.0215. The Morgan fingerprint density at radius 1 is 0.903 bits per heavy atom. The van der Waals surface area contributed by atoms with Crippen LogP contribution in [0.1, 0.15) is 44.4 Å². The van der Waals surface area contributed by atoms with E-state index in [4.69, 9.17) is 0 Å². The lowest BCUT2D eigenvalue weighted by atomic mass is 9.94. The Hall–Kier alpha value is -2.87. The smallest absolute Gasteiger partial charge is 0.243 e. The van der Waals surface area contributed by atoms with E-state index >= 15 is 0 Å². The standard InChI is InChI=1S/C23H28F3N3O2/c1-4-5-15-6-8-16(9-7-15)23(14(2)3)28-12-19(30)27-13-20(31)29-18-11-10-17(24)21(25)22(18)26/h6-11,14,23,28H,4-5,12-13H2,1-3H3,(H,27,30)(H,29,31). The highest BCUT2D eigenvalue weighted by Gasteiger charge is 2.18. The number of hydrogen-bond donors (Lipinski definition) is 3. The average molecular weight is 435 g/mol. The van der Waals surface area contributed by atoms with Gasteiger partial charge in [0.15, 0.2) is 17.5 Å². The lowest BCUT2D eigenvalue weighted by Crippen LogP contribution is -2.40. The van der Waals surface area contributed by atoms with Crippen LogP contribution < -0.4 is 16.0 Å². The van der Waals surface area contributed by atoms with E-state index in [1.54, 1.807) is 0 Å². The molecule has 2 aromatic rings. The van der Waals surface area contributed by atoms with Gasteiger partial charge in [-0.15, -0.1) is 0 Å². The first-order chi connectivity index (χ1) is 14.7. The van der Waals surface area contributed by atoms with Crippen molar-refractivity contribution < 1.29 is 22.8 Å². The van der Waals surface area contributed by atoms with Crippen LogP contribution in [-0.2, 0) is 16.0 Å². The molecular formula is C23H28F3N3O2. The Bertz CT molecular complexity index is 902. The molecule has 0 spiro atoms. The fourth-order valence-electron chi connectivity index (χ4n) is 3.18. The number of carbonyl (C=O) groups excluding carboxylic acids is 2. The summed E-state index contributed by atoms with van der Waals surface area (Å²) in [4.78, 5) is 24.0. The molecule has 0 aliphatic heterocycles. The van der Waals surface area contributed by atoms with Crippen LogP contribution in [0, 0.1) is 23.4 Å². The van der Waals surface area contributed by atoms with Crippen molar-refractivity contribution in [2.75, 3.05) is 18.4 Å². The number of benzene rings is 2. The summed E-state index contributed by atoms with van der Waals surface area (Å²) >= 11 is 0. The summed E-state index contributed by atoms with van der Waals surface area (Å²) in [7, 11) is 0. The number of nitrogens with one attached hydrogen (secondary N) is 3. The first-order valence-corrected chi connectivity index (χ1v) is 10.2. The van der Waals surface area contributed by atoms with Crippen molar-refractivity contribution in [2.24, 2.45) is 5.92 Å². The van der Waals surface area contributed by atoms with Crippen molar-refractivity contribution in [2.45, 2.75) is 39.7 Å². The third-order valence-corrected chi connectivity index (χ3v) is 4.78. The summed E-state index contributed by atoms with van der Waals surface area (Å²) in [6.07, 6.45) is 2.08. The highest BCUT2D eigenvalue weighted by molar-refractivity contribution is 5.94. The summed E-state index contributed by atoms with van der Waals surface area (Å²) in [6.45, 7) is 5.75. The second-order valence-electron chi connectivity index (χ2n) is 7.64. The number of halogens is 3. The summed E-state index contributed by atoms with van der Waals surface area (Å²) in [5, 5.41) is 7.71. The minimum Gasteiger partial charge on any atom is -0.346 e. The molecule has 0 fully saturated rings. The molecule has 0 heterocycles. The molecule has 0 aromatic heterocycles. The van der Waals surface area contributed by atoms with Gasteiger partial charge in [-0.3, -0.25) is 9.59 Å². The van der Waals surface area contributed by atoms with E-state index in [2.05, 4.69) is 35.0 Å². The Labute approximate surface area is 180 Å². The molecule has 0 radical (unpaired) electrons. The van der Waals surface area contributed by atoms with Gasteiger partial charge >= 0.3 is 0 Å². The molecule has 0 bridgehead atoms. The maximum atomic E-state index is 13.6. The van der Waals surface area contributed by atoms with Gasteiger partial charge in [0.05, 0.1) is 18.8 Å². The zero-order valence-electron chi connectivity index (χ0n) is 17.9. The molecule has 5 nitrogen and oxygen atoms in total. The van der Waals surface area contributed by atoms with E-state index in [0.717, 1.165) is 24.5 Å². The summed E-state index contributed by atoms with van der Waals surface area (Å²) < 4.78 is 39.8. The van der Waals surface area contributed by atoms with Gasteiger partial charge in [-0.2, -0.15) is 0 Å². The summed E-state index contributed by atoms with van der Waals surface area (Å²) in [5.74, 6) is -5.47. The first-order valence-electron chi connectivity index (χ1n) is 10.2. The van der Waals surface area contributed by atoms with Gasteiger partial charge in [0, 0.05) is 6.04 Å². The molecule has 1 atom stereocenters. The molecule has 0 aliphatic carbocycles. The van der Waals surface area contributed by atoms with Gasteiger partial charge in [-0.1, -0.05) is 51.5 Å².